The van der Waals surface area contributed by atoms with Crippen molar-refractivity contribution in [2.75, 3.05) is 23.4 Å². The first-order valence-electron chi connectivity index (χ1n) is 11.2. The summed E-state index contributed by atoms with van der Waals surface area (Å²) in [4.78, 5) is 50.6. The fraction of sp³-hybridized carbons (Fsp3) is 0.185. The predicted octanol–water partition coefficient (Wildman–Crippen LogP) is 4.24. The molecule has 0 saturated carbocycles. The molecule has 8 nitrogen and oxygen atoms in total. The summed E-state index contributed by atoms with van der Waals surface area (Å²) in [6.07, 6.45) is 0.894. The van der Waals surface area contributed by atoms with Crippen LogP contribution in [0.2, 0.25) is 0 Å². The molecule has 0 aliphatic carbocycles. The monoisotopic (exact) mass is 472 g/mol. The van der Waals surface area contributed by atoms with Gasteiger partial charge in [0.15, 0.2) is 0 Å². The Morgan fingerprint density at radius 2 is 1.63 bits per heavy atom. The summed E-state index contributed by atoms with van der Waals surface area (Å²) in [7, 11) is 0. The lowest BCUT2D eigenvalue weighted by Crippen LogP contribution is -2.29. The molecule has 8 heteroatoms. The predicted molar refractivity (Wildman–Crippen MR) is 130 cm³/mol. The molecule has 0 atom stereocenters. The van der Waals surface area contributed by atoms with Gasteiger partial charge in [0.2, 0.25) is 5.91 Å². The van der Waals surface area contributed by atoms with Crippen molar-refractivity contribution in [3.8, 4) is 5.75 Å². The van der Waals surface area contributed by atoms with Crippen LogP contribution >= 0.6 is 0 Å². The highest BCUT2D eigenvalue weighted by Crippen LogP contribution is 2.30. The SMILES string of the molecule is CCc1cccc(OCCOC(=O)c2ccc3c(c2)C(=O)N(c2ccc(NC(C)=O)cc2)C3=O)c1. The van der Waals surface area contributed by atoms with Crippen LogP contribution in [-0.2, 0) is 16.0 Å². The Morgan fingerprint density at radius 1 is 0.886 bits per heavy atom. The highest BCUT2D eigenvalue weighted by atomic mass is 16.6. The van der Waals surface area contributed by atoms with E-state index in [1.54, 1.807) is 24.3 Å². The van der Waals surface area contributed by atoms with E-state index < -0.39 is 17.8 Å². The maximum absolute atomic E-state index is 13.0. The van der Waals surface area contributed by atoms with E-state index in [9.17, 15) is 19.2 Å². The minimum atomic E-state index is -0.614. The second kappa shape index (κ2) is 10.2. The number of carbonyl (C=O) groups is 4. The summed E-state index contributed by atoms with van der Waals surface area (Å²) < 4.78 is 10.9. The summed E-state index contributed by atoms with van der Waals surface area (Å²) >= 11 is 0. The standard InChI is InChI=1S/C27H24N2O6/c1-3-18-5-4-6-22(15-18)34-13-14-35-27(33)19-7-12-23-24(16-19)26(32)29(25(23)31)21-10-8-20(9-11-21)28-17(2)30/h4-12,15-16H,3,13-14H2,1-2H3,(H,28,30). The van der Waals surface area contributed by atoms with Crippen molar-refractivity contribution in [2.45, 2.75) is 20.3 Å². The molecule has 0 fully saturated rings. The molecule has 0 spiro atoms. The maximum Gasteiger partial charge on any atom is 0.338 e. The van der Waals surface area contributed by atoms with Gasteiger partial charge in [-0.2, -0.15) is 0 Å². The molecule has 0 unspecified atom stereocenters. The Balaban J connectivity index is 1.39. The van der Waals surface area contributed by atoms with Gasteiger partial charge in [-0.3, -0.25) is 14.4 Å². The van der Waals surface area contributed by atoms with Crippen LogP contribution in [0.5, 0.6) is 5.75 Å². The van der Waals surface area contributed by atoms with Gasteiger partial charge in [0, 0.05) is 12.6 Å². The molecule has 0 bridgehead atoms. The number of hydrogen-bond acceptors (Lipinski definition) is 6. The van der Waals surface area contributed by atoms with E-state index in [-0.39, 0.29) is 35.8 Å². The first kappa shape index (κ1) is 23.7. The van der Waals surface area contributed by atoms with Crippen LogP contribution in [0.4, 0.5) is 11.4 Å². The van der Waals surface area contributed by atoms with Gasteiger partial charge in [0.05, 0.1) is 22.4 Å². The maximum atomic E-state index is 13.0. The number of aryl methyl sites for hydroxylation is 1. The van der Waals surface area contributed by atoms with Crippen molar-refractivity contribution < 1.29 is 28.7 Å². The third-order valence-electron chi connectivity index (χ3n) is 5.46. The molecular weight excluding hydrogens is 448 g/mol. The van der Waals surface area contributed by atoms with Crippen LogP contribution in [0, 0.1) is 0 Å². The smallest absolute Gasteiger partial charge is 0.338 e. The van der Waals surface area contributed by atoms with Gasteiger partial charge in [0.1, 0.15) is 19.0 Å². The van der Waals surface area contributed by atoms with Gasteiger partial charge in [-0.1, -0.05) is 19.1 Å². The Hall–Kier alpha value is -4.46. The number of benzene rings is 3. The number of fused-ring (bicyclic) bond motifs is 1. The summed E-state index contributed by atoms with van der Waals surface area (Å²) in [5.74, 6) is -1.16. The Labute approximate surface area is 202 Å². The highest BCUT2D eigenvalue weighted by Gasteiger charge is 2.37. The van der Waals surface area contributed by atoms with Gasteiger partial charge in [-0.25, -0.2) is 9.69 Å². The fourth-order valence-electron chi connectivity index (χ4n) is 3.73. The molecule has 35 heavy (non-hydrogen) atoms. The van der Waals surface area contributed by atoms with E-state index in [0.29, 0.717) is 17.1 Å². The zero-order valence-corrected chi connectivity index (χ0v) is 19.4. The number of amides is 3. The van der Waals surface area contributed by atoms with Crippen LogP contribution < -0.4 is 15.0 Å². The van der Waals surface area contributed by atoms with Crippen LogP contribution in [0.15, 0.2) is 66.7 Å². The van der Waals surface area contributed by atoms with Crippen molar-refractivity contribution in [1.29, 1.82) is 0 Å². The lowest BCUT2D eigenvalue weighted by molar-refractivity contribution is -0.114. The van der Waals surface area contributed by atoms with Crippen molar-refractivity contribution in [1.82, 2.24) is 0 Å². The molecule has 1 heterocycles. The zero-order chi connectivity index (χ0) is 24.9. The number of rotatable bonds is 8. The number of anilines is 2. The topological polar surface area (TPSA) is 102 Å². The number of ether oxygens (including phenoxy) is 2. The molecule has 0 aromatic heterocycles. The normalized spacial score (nSPS) is 12.3. The second-order valence-electron chi connectivity index (χ2n) is 7.92. The average Bonchev–Trinajstić information content (AvgIpc) is 3.11. The number of carbonyl (C=O) groups excluding carboxylic acids is 4. The fourth-order valence-corrected chi connectivity index (χ4v) is 3.73. The first-order valence-corrected chi connectivity index (χ1v) is 11.2. The number of hydrogen-bond donors (Lipinski definition) is 1. The summed E-state index contributed by atoms with van der Waals surface area (Å²) in [5, 5.41) is 2.63. The number of esters is 1. The van der Waals surface area contributed by atoms with E-state index in [1.807, 2.05) is 24.3 Å². The summed E-state index contributed by atoms with van der Waals surface area (Å²) in [5.41, 5.74) is 2.55. The molecule has 3 aromatic carbocycles. The molecule has 3 aromatic rings. The minimum Gasteiger partial charge on any atom is -0.490 e. The van der Waals surface area contributed by atoms with Gasteiger partial charge in [-0.15, -0.1) is 0 Å². The average molecular weight is 472 g/mol. The molecule has 0 saturated heterocycles. The van der Waals surface area contributed by atoms with Crippen LogP contribution in [-0.4, -0.2) is 36.9 Å². The zero-order valence-electron chi connectivity index (χ0n) is 19.4. The molecule has 178 valence electrons. The minimum absolute atomic E-state index is 0.0337. The molecule has 3 amide bonds. The largest absolute Gasteiger partial charge is 0.490 e. The molecule has 1 N–H and O–H groups in total. The quantitative estimate of drug-likeness (QED) is 0.299. The summed E-state index contributed by atoms with van der Waals surface area (Å²) in [6.45, 7) is 3.66. The van der Waals surface area contributed by atoms with Crippen molar-refractivity contribution >= 4 is 35.1 Å². The third kappa shape index (κ3) is 5.22. The van der Waals surface area contributed by atoms with Crippen LogP contribution in [0.25, 0.3) is 0 Å². The van der Waals surface area contributed by atoms with E-state index >= 15 is 0 Å². The van der Waals surface area contributed by atoms with E-state index in [4.69, 9.17) is 9.47 Å². The van der Waals surface area contributed by atoms with Crippen LogP contribution in [0.3, 0.4) is 0 Å². The Bertz CT molecular complexity index is 1300. The van der Waals surface area contributed by atoms with Gasteiger partial charge in [0.25, 0.3) is 11.8 Å². The van der Waals surface area contributed by atoms with Crippen LogP contribution in [0.1, 0.15) is 50.5 Å². The Morgan fingerprint density at radius 3 is 2.34 bits per heavy atom. The third-order valence-corrected chi connectivity index (χ3v) is 5.46. The van der Waals surface area contributed by atoms with Crippen molar-refractivity contribution in [3.63, 3.8) is 0 Å². The van der Waals surface area contributed by atoms with E-state index in [1.165, 1.54) is 25.1 Å². The van der Waals surface area contributed by atoms with E-state index in [2.05, 4.69) is 12.2 Å². The first-order chi connectivity index (χ1) is 16.9. The van der Waals surface area contributed by atoms with Gasteiger partial charge < -0.3 is 14.8 Å². The number of nitrogens with zero attached hydrogens (tertiary/aromatic N) is 1. The lowest BCUT2D eigenvalue weighted by atomic mass is 10.1. The van der Waals surface area contributed by atoms with Gasteiger partial charge >= 0.3 is 5.97 Å². The van der Waals surface area contributed by atoms with Gasteiger partial charge in [-0.05, 0) is 66.6 Å². The number of imide groups is 1. The molecule has 1 aliphatic rings. The van der Waals surface area contributed by atoms with E-state index in [0.717, 1.165) is 16.9 Å². The summed E-state index contributed by atoms with van der Waals surface area (Å²) in [6, 6.07) is 18.3. The highest BCUT2D eigenvalue weighted by molar-refractivity contribution is 6.34. The molecule has 0 radical (unpaired) electrons. The number of nitrogens with one attached hydrogen (secondary N) is 1. The molecule has 4 rings (SSSR count). The van der Waals surface area contributed by atoms with Crippen molar-refractivity contribution in [3.05, 3.63) is 89.0 Å². The second-order valence-corrected chi connectivity index (χ2v) is 7.92. The molecular formula is C27H24N2O6. The van der Waals surface area contributed by atoms with Crippen molar-refractivity contribution in [2.24, 2.45) is 0 Å². The lowest BCUT2D eigenvalue weighted by Gasteiger charge is -2.14. The molecule has 1 aliphatic heterocycles. The Kier molecular flexibility index (Phi) is 6.91.